The SMILES string of the molecule is COc1ccc(OC)c2c1C(=O)C=C(C(CCC(C)C)N=[N+]=[N-])C2=O. The number of Topliss-reactive ketones (excluding diaryl/α,β-unsaturated/α-hetero) is 1. The average molecular weight is 343 g/mol. The van der Waals surface area contributed by atoms with Crippen molar-refractivity contribution in [2.75, 3.05) is 14.2 Å². The Labute approximate surface area is 146 Å². The molecule has 0 spiro atoms. The van der Waals surface area contributed by atoms with Crippen LogP contribution in [0.25, 0.3) is 10.4 Å². The van der Waals surface area contributed by atoms with E-state index >= 15 is 0 Å². The fourth-order valence-corrected chi connectivity index (χ4v) is 2.87. The van der Waals surface area contributed by atoms with Crippen molar-refractivity contribution in [1.29, 1.82) is 0 Å². The molecule has 0 aliphatic heterocycles. The predicted octanol–water partition coefficient (Wildman–Crippen LogP) is 4.12. The van der Waals surface area contributed by atoms with Crippen LogP contribution in [0.2, 0.25) is 0 Å². The second kappa shape index (κ2) is 7.85. The van der Waals surface area contributed by atoms with Crippen LogP contribution in [-0.4, -0.2) is 31.8 Å². The number of allylic oxidation sites excluding steroid dienone is 1. The zero-order valence-electron chi connectivity index (χ0n) is 14.8. The minimum Gasteiger partial charge on any atom is -0.496 e. The Morgan fingerprint density at radius 2 is 1.68 bits per heavy atom. The third-order valence-corrected chi connectivity index (χ3v) is 4.16. The number of fused-ring (bicyclic) bond motifs is 1. The minimum atomic E-state index is -0.687. The van der Waals surface area contributed by atoms with E-state index in [1.54, 1.807) is 12.1 Å². The molecule has 1 aromatic carbocycles. The van der Waals surface area contributed by atoms with Crippen LogP contribution in [0.1, 0.15) is 47.4 Å². The molecule has 0 saturated heterocycles. The van der Waals surface area contributed by atoms with Gasteiger partial charge in [-0.15, -0.1) is 0 Å². The van der Waals surface area contributed by atoms with Gasteiger partial charge in [-0.2, -0.15) is 0 Å². The van der Waals surface area contributed by atoms with Crippen LogP contribution in [0.4, 0.5) is 0 Å². The van der Waals surface area contributed by atoms with Crippen molar-refractivity contribution in [1.82, 2.24) is 0 Å². The first-order chi connectivity index (χ1) is 11.9. The molecule has 1 atom stereocenters. The van der Waals surface area contributed by atoms with Crippen LogP contribution in [0.5, 0.6) is 11.5 Å². The van der Waals surface area contributed by atoms with Crippen LogP contribution >= 0.6 is 0 Å². The molecule has 25 heavy (non-hydrogen) atoms. The smallest absolute Gasteiger partial charge is 0.194 e. The molecule has 0 aromatic heterocycles. The highest BCUT2D eigenvalue weighted by molar-refractivity contribution is 6.27. The van der Waals surface area contributed by atoms with Crippen molar-refractivity contribution >= 4 is 11.6 Å². The van der Waals surface area contributed by atoms with Gasteiger partial charge in [-0.3, -0.25) is 9.59 Å². The molecule has 0 heterocycles. The van der Waals surface area contributed by atoms with E-state index in [-0.39, 0.29) is 28.3 Å². The molecule has 0 fully saturated rings. The second-order valence-electron chi connectivity index (χ2n) is 6.21. The van der Waals surface area contributed by atoms with E-state index in [2.05, 4.69) is 10.0 Å². The zero-order valence-corrected chi connectivity index (χ0v) is 14.8. The number of benzene rings is 1. The van der Waals surface area contributed by atoms with Crippen molar-refractivity contribution in [2.45, 2.75) is 32.7 Å². The first-order valence-corrected chi connectivity index (χ1v) is 8.04. The van der Waals surface area contributed by atoms with E-state index in [0.29, 0.717) is 23.8 Å². The number of rotatable bonds is 7. The number of ketones is 2. The molecule has 0 amide bonds. The third kappa shape index (κ3) is 3.67. The molecule has 1 aliphatic carbocycles. The Morgan fingerprint density at radius 3 is 2.20 bits per heavy atom. The maximum atomic E-state index is 13.0. The molecule has 1 unspecified atom stereocenters. The largest absolute Gasteiger partial charge is 0.496 e. The van der Waals surface area contributed by atoms with Crippen molar-refractivity contribution < 1.29 is 19.1 Å². The Balaban J connectivity index is 2.54. The van der Waals surface area contributed by atoms with Crippen LogP contribution < -0.4 is 9.47 Å². The summed E-state index contributed by atoms with van der Waals surface area (Å²) in [5.74, 6) is 0.262. The summed E-state index contributed by atoms with van der Waals surface area (Å²) in [5, 5.41) is 3.74. The Bertz CT molecular complexity index is 777. The van der Waals surface area contributed by atoms with E-state index in [4.69, 9.17) is 15.0 Å². The molecule has 7 nitrogen and oxygen atoms in total. The third-order valence-electron chi connectivity index (χ3n) is 4.16. The van der Waals surface area contributed by atoms with E-state index < -0.39 is 6.04 Å². The highest BCUT2D eigenvalue weighted by atomic mass is 16.5. The van der Waals surface area contributed by atoms with Gasteiger partial charge in [0.25, 0.3) is 0 Å². The summed E-state index contributed by atoms with van der Waals surface area (Å²) in [6.07, 6.45) is 2.52. The molecule has 132 valence electrons. The van der Waals surface area contributed by atoms with Crippen LogP contribution in [0, 0.1) is 5.92 Å². The monoisotopic (exact) mass is 343 g/mol. The molecule has 0 radical (unpaired) electrons. The number of carbonyl (C=O) groups is 2. The molecule has 0 saturated carbocycles. The number of hydrogen-bond donors (Lipinski definition) is 0. The van der Waals surface area contributed by atoms with Gasteiger partial charge in [0.05, 0.1) is 31.4 Å². The molecule has 2 rings (SSSR count). The normalized spacial score (nSPS) is 14.5. The lowest BCUT2D eigenvalue weighted by Crippen LogP contribution is -2.25. The number of hydrogen-bond acceptors (Lipinski definition) is 5. The van der Waals surface area contributed by atoms with E-state index in [0.717, 1.165) is 6.42 Å². The minimum absolute atomic E-state index is 0.159. The lowest BCUT2D eigenvalue weighted by molar-refractivity contribution is 0.0973. The van der Waals surface area contributed by atoms with Crippen LogP contribution in [-0.2, 0) is 0 Å². The van der Waals surface area contributed by atoms with Crippen molar-refractivity contribution in [3.05, 3.63) is 45.4 Å². The Morgan fingerprint density at radius 1 is 1.08 bits per heavy atom. The molecule has 1 aliphatic rings. The number of nitrogens with zero attached hydrogens (tertiary/aromatic N) is 3. The maximum absolute atomic E-state index is 13.0. The summed E-state index contributed by atoms with van der Waals surface area (Å²) in [5.41, 5.74) is 9.39. The summed E-state index contributed by atoms with van der Waals surface area (Å²) in [6, 6.07) is 2.49. The fraction of sp³-hybridized carbons (Fsp3) is 0.444. The Kier molecular flexibility index (Phi) is 5.83. The molecule has 1 aromatic rings. The van der Waals surface area contributed by atoms with Gasteiger partial charge in [-0.25, -0.2) is 0 Å². The van der Waals surface area contributed by atoms with Crippen LogP contribution in [0.15, 0.2) is 28.9 Å². The molecule has 7 heteroatoms. The summed E-state index contributed by atoms with van der Waals surface area (Å²) >= 11 is 0. The van der Waals surface area contributed by atoms with Gasteiger partial charge in [0, 0.05) is 10.5 Å². The van der Waals surface area contributed by atoms with Gasteiger partial charge in [0.2, 0.25) is 0 Å². The van der Waals surface area contributed by atoms with Crippen LogP contribution in [0.3, 0.4) is 0 Å². The van der Waals surface area contributed by atoms with E-state index in [1.807, 2.05) is 13.8 Å². The molecular weight excluding hydrogens is 322 g/mol. The highest BCUT2D eigenvalue weighted by Crippen LogP contribution is 2.37. The quantitative estimate of drug-likeness (QED) is 0.422. The van der Waals surface area contributed by atoms with Gasteiger partial charge in [0.15, 0.2) is 11.6 Å². The molecule has 0 N–H and O–H groups in total. The lowest BCUT2D eigenvalue weighted by atomic mass is 9.83. The number of ether oxygens (including phenoxy) is 2. The summed E-state index contributed by atoms with van der Waals surface area (Å²) in [6.45, 7) is 4.08. The highest BCUT2D eigenvalue weighted by Gasteiger charge is 2.34. The van der Waals surface area contributed by atoms with E-state index in [9.17, 15) is 9.59 Å². The van der Waals surface area contributed by atoms with Gasteiger partial charge in [0.1, 0.15) is 11.5 Å². The van der Waals surface area contributed by atoms with Gasteiger partial charge >= 0.3 is 0 Å². The first kappa shape index (κ1) is 18.5. The van der Waals surface area contributed by atoms with Crippen molar-refractivity contribution in [3.63, 3.8) is 0 Å². The van der Waals surface area contributed by atoms with Gasteiger partial charge in [-0.05, 0) is 36.1 Å². The summed E-state index contributed by atoms with van der Waals surface area (Å²) in [4.78, 5) is 28.5. The lowest BCUT2D eigenvalue weighted by Gasteiger charge is -2.23. The van der Waals surface area contributed by atoms with E-state index in [1.165, 1.54) is 20.3 Å². The molecular formula is C18H21N3O4. The van der Waals surface area contributed by atoms with Gasteiger partial charge < -0.3 is 9.47 Å². The summed E-state index contributed by atoms with van der Waals surface area (Å²) < 4.78 is 10.5. The topological polar surface area (TPSA) is 101 Å². The molecule has 0 bridgehead atoms. The van der Waals surface area contributed by atoms with Crippen molar-refractivity contribution in [3.8, 4) is 11.5 Å². The van der Waals surface area contributed by atoms with Crippen molar-refractivity contribution in [2.24, 2.45) is 11.0 Å². The predicted molar refractivity (Wildman–Crippen MR) is 93.3 cm³/mol. The van der Waals surface area contributed by atoms with Gasteiger partial charge in [-0.1, -0.05) is 25.4 Å². The fourth-order valence-electron chi connectivity index (χ4n) is 2.87. The Hall–Kier alpha value is -2.79. The average Bonchev–Trinajstić information content (AvgIpc) is 2.60. The number of carbonyl (C=O) groups excluding carboxylic acids is 2. The maximum Gasteiger partial charge on any atom is 0.194 e. The summed E-state index contributed by atoms with van der Waals surface area (Å²) in [7, 11) is 2.87. The zero-order chi connectivity index (χ0) is 18.6. The second-order valence-corrected chi connectivity index (χ2v) is 6.21. The number of azide groups is 1. The first-order valence-electron chi connectivity index (χ1n) is 8.04. The standard InChI is InChI=1S/C18H21N3O4/c1-10(2)5-6-12(20-21-19)11-9-13(22)16-14(24-3)7-8-15(25-4)17(16)18(11)23/h7-10,12H,5-6H2,1-4H3. The number of methoxy groups -OCH3 is 2.